The van der Waals surface area contributed by atoms with Crippen LogP contribution in [-0.4, -0.2) is 46.9 Å². The number of H-pyrrole nitrogens is 1. The van der Waals surface area contributed by atoms with Crippen molar-refractivity contribution in [2.45, 2.75) is 0 Å². The van der Waals surface area contributed by atoms with Gasteiger partial charge in [0.2, 0.25) is 0 Å². The van der Waals surface area contributed by atoms with E-state index in [0.717, 1.165) is 0 Å². The zero-order chi connectivity index (χ0) is 19.0. The molecule has 0 unspecified atom stereocenters. The summed E-state index contributed by atoms with van der Waals surface area (Å²) in [5, 5.41) is 11.6. The number of aromatic amines is 1. The summed E-state index contributed by atoms with van der Waals surface area (Å²) in [5.41, 5.74) is 1.27. The molecule has 1 amide bonds. The third kappa shape index (κ3) is 2.99. The lowest BCUT2D eigenvalue weighted by Gasteiger charge is -2.36. The minimum Gasteiger partial charge on any atom is -0.366 e. The van der Waals surface area contributed by atoms with Crippen LogP contribution in [0.15, 0.2) is 48.7 Å². The zero-order valence-electron chi connectivity index (χ0n) is 14.4. The van der Waals surface area contributed by atoms with Crippen LogP contribution in [0.25, 0.3) is 10.9 Å². The molecule has 0 bridgehead atoms. The molecule has 1 saturated heterocycles. The third-order valence-electron chi connectivity index (χ3n) is 4.87. The number of fused-ring (bicyclic) bond motifs is 1. The number of carbonyl (C=O) groups excluding carboxylic acids is 1. The average Bonchev–Trinajstić information content (AvgIpc) is 3.12. The van der Waals surface area contributed by atoms with Crippen LogP contribution in [0.5, 0.6) is 0 Å². The molecule has 1 aromatic heterocycles. The molecular formula is C19H17FN4O3. The Kier molecular flexibility index (Phi) is 4.23. The predicted octanol–water partition coefficient (Wildman–Crippen LogP) is 3.18. The minimum atomic E-state index is -0.483. The zero-order valence-corrected chi connectivity index (χ0v) is 14.4. The second-order valence-electron chi connectivity index (χ2n) is 6.39. The lowest BCUT2D eigenvalue weighted by Crippen LogP contribution is -2.49. The summed E-state index contributed by atoms with van der Waals surface area (Å²) in [4.78, 5) is 30.3. The number of nitro benzene ring substituents is 1. The predicted molar refractivity (Wildman–Crippen MR) is 99.5 cm³/mol. The molecule has 0 atom stereocenters. The fraction of sp³-hybridized carbons (Fsp3) is 0.211. The summed E-state index contributed by atoms with van der Waals surface area (Å²) < 4.78 is 14.0. The second-order valence-corrected chi connectivity index (χ2v) is 6.39. The van der Waals surface area contributed by atoms with E-state index in [1.54, 1.807) is 35.2 Å². The topological polar surface area (TPSA) is 82.5 Å². The van der Waals surface area contributed by atoms with Gasteiger partial charge in [-0.2, -0.15) is 0 Å². The van der Waals surface area contributed by atoms with Crippen LogP contribution in [-0.2, 0) is 0 Å². The summed E-state index contributed by atoms with van der Waals surface area (Å²) in [6, 6.07) is 11.2. The Morgan fingerprint density at radius 3 is 2.52 bits per heavy atom. The summed E-state index contributed by atoms with van der Waals surface area (Å²) in [5.74, 6) is -0.548. The molecule has 8 heteroatoms. The Bertz CT molecular complexity index is 1020. The number of non-ortho nitro benzene ring substituents is 1. The summed E-state index contributed by atoms with van der Waals surface area (Å²) in [6.07, 6.45) is 1.52. The highest BCUT2D eigenvalue weighted by Crippen LogP contribution is 2.30. The van der Waals surface area contributed by atoms with Gasteiger partial charge in [-0.3, -0.25) is 14.9 Å². The number of carbonyl (C=O) groups is 1. The maximum atomic E-state index is 14.0. The Balaban J connectivity index is 1.56. The first-order valence-electron chi connectivity index (χ1n) is 8.59. The van der Waals surface area contributed by atoms with Crippen LogP contribution >= 0.6 is 0 Å². The highest BCUT2D eigenvalue weighted by atomic mass is 19.1. The number of rotatable bonds is 3. The maximum absolute atomic E-state index is 14.0. The maximum Gasteiger partial charge on any atom is 0.279 e. The van der Waals surface area contributed by atoms with E-state index in [9.17, 15) is 19.3 Å². The fourth-order valence-corrected chi connectivity index (χ4v) is 3.52. The van der Waals surface area contributed by atoms with E-state index < -0.39 is 4.92 Å². The van der Waals surface area contributed by atoms with Gasteiger partial charge in [0, 0.05) is 38.4 Å². The SMILES string of the molecule is O=C(c1c[nH]c2cccc([N+](=O)[O-])c12)N1CCN(c2ccccc2F)CC1. The van der Waals surface area contributed by atoms with Crippen molar-refractivity contribution >= 4 is 28.2 Å². The van der Waals surface area contributed by atoms with E-state index in [-0.39, 0.29) is 23.0 Å². The van der Waals surface area contributed by atoms with E-state index in [4.69, 9.17) is 0 Å². The first kappa shape index (κ1) is 17.0. The Morgan fingerprint density at radius 1 is 1.07 bits per heavy atom. The number of nitro groups is 1. The molecule has 0 saturated carbocycles. The van der Waals surface area contributed by atoms with Gasteiger partial charge in [-0.15, -0.1) is 0 Å². The molecule has 0 aliphatic carbocycles. The number of nitrogens with zero attached hydrogens (tertiary/aromatic N) is 3. The van der Waals surface area contributed by atoms with Gasteiger partial charge in [-0.25, -0.2) is 4.39 Å². The molecule has 27 heavy (non-hydrogen) atoms. The molecule has 138 valence electrons. The molecular weight excluding hydrogens is 351 g/mol. The Hall–Kier alpha value is -3.42. The highest BCUT2D eigenvalue weighted by molar-refractivity contribution is 6.10. The Morgan fingerprint density at radius 2 is 1.81 bits per heavy atom. The van der Waals surface area contributed by atoms with Crippen molar-refractivity contribution in [2.75, 3.05) is 31.1 Å². The van der Waals surface area contributed by atoms with Crippen LogP contribution in [0.3, 0.4) is 0 Å². The van der Waals surface area contributed by atoms with E-state index in [1.165, 1.54) is 18.3 Å². The van der Waals surface area contributed by atoms with E-state index in [2.05, 4.69) is 4.98 Å². The number of nitrogens with one attached hydrogen (secondary N) is 1. The number of halogens is 1. The lowest BCUT2D eigenvalue weighted by atomic mass is 10.1. The molecule has 1 aliphatic heterocycles. The standard InChI is InChI=1S/C19H17FN4O3/c20-14-4-1-2-6-16(14)22-8-10-23(11-9-22)19(25)13-12-21-15-5-3-7-17(18(13)15)24(26)27/h1-7,12,21H,8-11H2. The average molecular weight is 368 g/mol. The van der Waals surface area contributed by atoms with Crippen molar-refractivity contribution in [3.05, 3.63) is 70.2 Å². The molecule has 0 radical (unpaired) electrons. The van der Waals surface area contributed by atoms with Crippen molar-refractivity contribution < 1.29 is 14.1 Å². The van der Waals surface area contributed by atoms with Crippen molar-refractivity contribution in [1.29, 1.82) is 0 Å². The number of benzene rings is 2. The molecule has 0 spiro atoms. The Labute approximate surface area is 154 Å². The quantitative estimate of drug-likeness (QED) is 0.569. The van der Waals surface area contributed by atoms with Crippen LogP contribution in [0.1, 0.15) is 10.4 Å². The highest BCUT2D eigenvalue weighted by Gasteiger charge is 2.27. The third-order valence-corrected chi connectivity index (χ3v) is 4.87. The number of hydrogen-bond donors (Lipinski definition) is 1. The van der Waals surface area contributed by atoms with Gasteiger partial charge in [0.25, 0.3) is 11.6 Å². The molecule has 3 aromatic rings. The summed E-state index contributed by atoms with van der Waals surface area (Å²) in [7, 11) is 0. The van der Waals surface area contributed by atoms with Crippen molar-refractivity contribution in [2.24, 2.45) is 0 Å². The molecule has 4 rings (SSSR count). The van der Waals surface area contributed by atoms with Crippen LogP contribution in [0.4, 0.5) is 15.8 Å². The number of para-hydroxylation sites is 1. The van der Waals surface area contributed by atoms with E-state index >= 15 is 0 Å². The van der Waals surface area contributed by atoms with Gasteiger partial charge in [-0.1, -0.05) is 18.2 Å². The summed E-state index contributed by atoms with van der Waals surface area (Å²) in [6.45, 7) is 1.83. The largest absolute Gasteiger partial charge is 0.366 e. The number of amides is 1. The molecule has 1 N–H and O–H groups in total. The molecule has 7 nitrogen and oxygen atoms in total. The first-order valence-corrected chi connectivity index (χ1v) is 8.59. The fourth-order valence-electron chi connectivity index (χ4n) is 3.52. The monoisotopic (exact) mass is 368 g/mol. The van der Waals surface area contributed by atoms with Gasteiger partial charge in [-0.05, 0) is 18.2 Å². The van der Waals surface area contributed by atoms with E-state index in [0.29, 0.717) is 42.8 Å². The van der Waals surface area contributed by atoms with Crippen LogP contribution in [0.2, 0.25) is 0 Å². The summed E-state index contributed by atoms with van der Waals surface area (Å²) >= 11 is 0. The number of piperazine rings is 1. The van der Waals surface area contributed by atoms with Gasteiger partial charge in [0.15, 0.2) is 0 Å². The lowest BCUT2D eigenvalue weighted by molar-refractivity contribution is -0.383. The van der Waals surface area contributed by atoms with Gasteiger partial charge >= 0.3 is 0 Å². The van der Waals surface area contributed by atoms with Gasteiger partial charge < -0.3 is 14.8 Å². The number of anilines is 1. The first-order chi connectivity index (χ1) is 13.1. The van der Waals surface area contributed by atoms with Crippen molar-refractivity contribution in [3.8, 4) is 0 Å². The van der Waals surface area contributed by atoms with Crippen molar-refractivity contribution in [1.82, 2.24) is 9.88 Å². The van der Waals surface area contributed by atoms with Crippen molar-refractivity contribution in [3.63, 3.8) is 0 Å². The van der Waals surface area contributed by atoms with Crippen LogP contribution in [0, 0.1) is 15.9 Å². The minimum absolute atomic E-state index is 0.0953. The van der Waals surface area contributed by atoms with E-state index in [1.807, 2.05) is 4.90 Å². The molecule has 1 fully saturated rings. The van der Waals surface area contributed by atoms with Gasteiger partial charge in [0.1, 0.15) is 5.82 Å². The molecule has 1 aliphatic rings. The van der Waals surface area contributed by atoms with Gasteiger partial charge in [0.05, 0.1) is 27.1 Å². The number of hydrogen-bond acceptors (Lipinski definition) is 4. The second kappa shape index (κ2) is 6.71. The molecule has 2 aromatic carbocycles. The smallest absolute Gasteiger partial charge is 0.279 e. The van der Waals surface area contributed by atoms with Crippen LogP contribution < -0.4 is 4.90 Å². The number of aromatic nitrogens is 1. The molecule has 2 heterocycles. The normalized spacial score (nSPS) is 14.6.